The van der Waals surface area contributed by atoms with E-state index in [0.717, 1.165) is 57.8 Å². The summed E-state index contributed by atoms with van der Waals surface area (Å²) < 4.78 is 14.6. The zero-order chi connectivity index (χ0) is 20.8. The number of likely N-dealkylation sites (tertiary alicyclic amines) is 2. The van der Waals surface area contributed by atoms with Gasteiger partial charge in [-0.05, 0) is 64.8 Å². The highest BCUT2D eigenvalue weighted by molar-refractivity contribution is 14.0. The lowest BCUT2D eigenvalue weighted by molar-refractivity contribution is 0.167. The van der Waals surface area contributed by atoms with E-state index in [0.29, 0.717) is 29.2 Å². The maximum Gasteiger partial charge on any atom is 0.191 e. The van der Waals surface area contributed by atoms with Crippen molar-refractivity contribution in [3.63, 3.8) is 0 Å². The summed E-state index contributed by atoms with van der Waals surface area (Å²) in [4.78, 5) is 9.25. The molecule has 5 nitrogen and oxygen atoms in total. The van der Waals surface area contributed by atoms with Crippen LogP contribution in [0.25, 0.3) is 0 Å². The first-order chi connectivity index (χ1) is 14.0. The fourth-order valence-electron chi connectivity index (χ4n) is 4.44. The molecule has 1 aromatic rings. The quantitative estimate of drug-likeness (QED) is 0.315. The second kappa shape index (κ2) is 12.4. The Labute approximate surface area is 202 Å². The molecule has 0 saturated carbocycles. The van der Waals surface area contributed by atoms with Crippen molar-refractivity contribution in [3.05, 3.63) is 34.6 Å². The molecule has 0 amide bonds. The van der Waals surface area contributed by atoms with Crippen LogP contribution in [0.5, 0.6) is 0 Å². The Bertz CT molecular complexity index is 668. The molecule has 1 unspecified atom stereocenters. The summed E-state index contributed by atoms with van der Waals surface area (Å²) in [6, 6.07) is 5.85. The van der Waals surface area contributed by atoms with Gasteiger partial charge in [-0.2, -0.15) is 0 Å². The fraction of sp³-hybridized carbons (Fsp3) is 0.682. The first-order valence-electron chi connectivity index (χ1n) is 10.9. The van der Waals surface area contributed by atoms with Crippen LogP contribution in [-0.2, 0) is 0 Å². The van der Waals surface area contributed by atoms with Gasteiger partial charge in [-0.25, -0.2) is 4.39 Å². The molecule has 2 N–H and O–H groups in total. The molecule has 0 spiro atoms. The Morgan fingerprint density at radius 1 is 1.17 bits per heavy atom. The van der Waals surface area contributed by atoms with Crippen LogP contribution in [0.3, 0.4) is 0 Å². The van der Waals surface area contributed by atoms with Crippen molar-refractivity contribution in [1.82, 2.24) is 20.4 Å². The van der Waals surface area contributed by atoms with E-state index in [9.17, 15) is 4.39 Å². The second-order valence-electron chi connectivity index (χ2n) is 8.40. The minimum absolute atomic E-state index is 0. The SMILES string of the molecule is CN=C(NCC(c1c(F)cccc1Cl)N1CCCC1)NC1CCN(C(C)C)CC1.I. The van der Waals surface area contributed by atoms with Crippen LogP contribution in [0.4, 0.5) is 4.39 Å². The molecule has 0 bridgehead atoms. The van der Waals surface area contributed by atoms with E-state index in [1.807, 2.05) is 0 Å². The maximum atomic E-state index is 14.6. The summed E-state index contributed by atoms with van der Waals surface area (Å²) in [5.74, 6) is 0.546. The predicted octanol–water partition coefficient (Wildman–Crippen LogP) is 4.27. The molecule has 2 aliphatic rings. The molecule has 2 aliphatic heterocycles. The molecule has 0 radical (unpaired) electrons. The van der Waals surface area contributed by atoms with Crippen LogP contribution in [0, 0.1) is 5.82 Å². The lowest BCUT2D eigenvalue weighted by atomic mass is 10.0. The zero-order valence-electron chi connectivity index (χ0n) is 18.3. The molecule has 3 rings (SSSR count). The van der Waals surface area contributed by atoms with Gasteiger partial charge in [-0.1, -0.05) is 17.7 Å². The number of guanidine groups is 1. The molecule has 2 saturated heterocycles. The standard InChI is InChI=1S/C22H35ClFN5.HI/c1-16(2)28-13-9-17(10-14-28)27-22(25-3)26-15-20(29-11-4-5-12-29)21-18(23)7-6-8-19(21)24;/h6-8,16-17,20H,4-5,9-15H2,1-3H3,(H2,25,26,27);1H. The normalized spacial score (nSPS) is 20.3. The molecule has 8 heteroatoms. The Morgan fingerprint density at radius 2 is 1.83 bits per heavy atom. The van der Waals surface area contributed by atoms with E-state index < -0.39 is 0 Å². The summed E-state index contributed by atoms with van der Waals surface area (Å²) in [6.07, 6.45) is 4.50. The smallest absolute Gasteiger partial charge is 0.191 e. The van der Waals surface area contributed by atoms with E-state index >= 15 is 0 Å². The lowest BCUT2D eigenvalue weighted by Gasteiger charge is -2.35. The number of nitrogens with zero attached hydrogens (tertiary/aromatic N) is 3. The lowest BCUT2D eigenvalue weighted by Crippen LogP contribution is -2.51. The minimum Gasteiger partial charge on any atom is -0.354 e. The maximum absolute atomic E-state index is 14.6. The summed E-state index contributed by atoms with van der Waals surface area (Å²) in [5.41, 5.74) is 0.587. The highest BCUT2D eigenvalue weighted by atomic mass is 127. The van der Waals surface area contributed by atoms with Gasteiger partial charge in [0.15, 0.2) is 5.96 Å². The van der Waals surface area contributed by atoms with E-state index in [2.05, 4.69) is 39.3 Å². The van der Waals surface area contributed by atoms with Crippen LogP contribution in [0.1, 0.15) is 51.1 Å². The Balaban J connectivity index is 0.00000320. The van der Waals surface area contributed by atoms with E-state index in [1.165, 1.54) is 6.07 Å². The molecule has 2 fully saturated rings. The first-order valence-corrected chi connectivity index (χ1v) is 11.3. The third kappa shape index (κ3) is 6.68. The summed E-state index contributed by atoms with van der Waals surface area (Å²) in [6.45, 7) is 9.22. The third-order valence-electron chi connectivity index (χ3n) is 6.20. The van der Waals surface area contributed by atoms with Crippen molar-refractivity contribution in [2.24, 2.45) is 4.99 Å². The second-order valence-corrected chi connectivity index (χ2v) is 8.80. The van der Waals surface area contributed by atoms with Crippen LogP contribution in [0.2, 0.25) is 5.02 Å². The topological polar surface area (TPSA) is 42.9 Å². The highest BCUT2D eigenvalue weighted by Gasteiger charge is 2.28. The largest absolute Gasteiger partial charge is 0.354 e. The van der Waals surface area contributed by atoms with Gasteiger partial charge < -0.3 is 15.5 Å². The van der Waals surface area contributed by atoms with Gasteiger partial charge in [0.05, 0.1) is 6.04 Å². The van der Waals surface area contributed by atoms with Crippen molar-refractivity contribution in [3.8, 4) is 0 Å². The molecular formula is C22H36ClFIN5. The molecule has 2 heterocycles. The first kappa shape index (κ1) is 25.6. The number of piperidine rings is 1. The van der Waals surface area contributed by atoms with Gasteiger partial charge in [0.2, 0.25) is 0 Å². The molecule has 1 atom stereocenters. The van der Waals surface area contributed by atoms with Crippen LogP contribution in [0.15, 0.2) is 23.2 Å². The number of nitrogens with one attached hydrogen (secondary N) is 2. The Kier molecular flexibility index (Phi) is 10.6. The molecule has 0 aliphatic carbocycles. The molecule has 170 valence electrons. The van der Waals surface area contributed by atoms with Gasteiger partial charge >= 0.3 is 0 Å². The molecule has 1 aromatic carbocycles. The van der Waals surface area contributed by atoms with Crippen molar-refractivity contribution in [2.45, 2.75) is 57.7 Å². The number of rotatable bonds is 6. The third-order valence-corrected chi connectivity index (χ3v) is 6.53. The van der Waals surface area contributed by atoms with E-state index in [-0.39, 0.29) is 35.8 Å². The van der Waals surface area contributed by atoms with Crippen LogP contribution >= 0.6 is 35.6 Å². The fourth-order valence-corrected chi connectivity index (χ4v) is 4.73. The Morgan fingerprint density at radius 3 is 2.40 bits per heavy atom. The summed E-state index contributed by atoms with van der Waals surface area (Å²) in [7, 11) is 1.79. The molecule has 30 heavy (non-hydrogen) atoms. The Hall–Kier alpha value is -0.640. The van der Waals surface area contributed by atoms with Gasteiger partial charge in [-0.15, -0.1) is 24.0 Å². The molecule has 0 aromatic heterocycles. The van der Waals surface area contributed by atoms with Gasteiger partial charge in [0.1, 0.15) is 5.82 Å². The average Bonchev–Trinajstić information content (AvgIpc) is 3.24. The van der Waals surface area contributed by atoms with Gasteiger partial charge in [0, 0.05) is 49.4 Å². The van der Waals surface area contributed by atoms with E-state index in [1.54, 1.807) is 19.2 Å². The number of benzene rings is 1. The van der Waals surface area contributed by atoms with Crippen LogP contribution in [-0.4, -0.2) is 67.6 Å². The monoisotopic (exact) mass is 551 g/mol. The summed E-state index contributed by atoms with van der Waals surface area (Å²) >= 11 is 6.40. The zero-order valence-corrected chi connectivity index (χ0v) is 21.4. The van der Waals surface area contributed by atoms with Gasteiger partial charge in [0.25, 0.3) is 0 Å². The van der Waals surface area contributed by atoms with E-state index in [4.69, 9.17) is 11.6 Å². The number of hydrogen-bond donors (Lipinski definition) is 2. The van der Waals surface area contributed by atoms with Crippen molar-refractivity contribution in [1.29, 1.82) is 0 Å². The van der Waals surface area contributed by atoms with Crippen molar-refractivity contribution in [2.75, 3.05) is 39.8 Å². The minimum atomic E-state index is -0.236. The highest BCUT2D eigenvalue weighted by Crippen LogP contribution is 2.32. The van der Waals surface area contributed by atoms with Crippen LogP contribution < -0.4 is 10.6 Å². The predicted molar refractivity (Wildman–Crippen MR) is 135 cm³/mol. The number of aliphatic imine (C=N–C) groups is 1. The molecular weight excluding hydrogens is 516 g/mol. The van der Waals surface area contributed by atoms with Crippen molar-refractivity contribution < 1.29 is 4.39 Å². The average molecular weight is 552 g/mol. The number of hydrogen-bond acceptors (Lipinski definition) is 3. The van der Waals surface area contributed by atoms with Gasteiger partial charge in [-0.3, -0.25) is 9.89 Å². The van der Waals surface area contributed by atoms with Crippen molar-refractivity contribution >= 4 is 41.5 Å². The summed E-state index contributed by atoms with van der Waals surface area (Å²) in [5, 5.41) is 7.49. The number of halogens is 3.